The van der Waals surface area contributed by atoms with E-state index in [1.54, 1.807) is 30.3 Å². The Bertz CT molecular complexity index is 859. The molecule has 2 aromatic rings. The zero-order chi connectivity index (χ0) is 20.8. The Balaban J connectivity index is 1.74. The van der Waals surface area contributed by atoms with Crippen LogP contribution in [0.4, 0.5) is 9.18 Å². The number of piperidine rings is 1. The highest BCUT2D eigenvalue weighted by molar-refractivity contribution is 5.81. The number of hydrogen-bond donors (Lipinski definition) is 2. The molecular weight excluding hydrogens is 371 g/mol. The molecule has 1 aromatic heterocycles. The lowest BCUT2D eigenvalue weighted by molar-refractivity contribution is -0.126. The van der Waals surface area contributed by atoms with Gasteiger partial charge in [-0.3, -0.25) is 9.78 Å². The minimum atomic E-state index is -0.335. The molecule has 0 radical (unpaired) electrons. The van der Waals surface area contributed by atoms with E-state index in [0.717, 1.165) is 11.1 Å². The summed E-state index contributed by atoms with van der Waals surface area (Å²) in [5, 5.41) is 5.77. The van der Waals surface area contributed by atoms with E-state index in [0.29, 0.717) is 38.2 Å². The Hall–Kier alpha value is -2.96. The molecule has 2 N–H and O–H groups in total. The molecule has 3 amide bonds. The number of rotatable bonds is 5. The van der Waals surface area contributed by atoms with E-state index in [4.69, 9.17) is 0 Å². The number of nitrogens with one attached hydrogen (secondary N) is 2. The van der Waals surface area contributed by atoms with Crippen molar-refractivity contribution in [2.75, 3.05) is 19.6 Å². The van der Waals surface area contributed by atoms with Crippen molar-refractivity contribution in [3.63, 3.8) is 0 Å². The van der Waals surface area contributed by atoms with E-state index in [-0.39, 0.29) is 29.6 Å². The third kappa shape index (κ3) is 5.31. The summed E-state index contributed by atoms with van der Waals surface area (Å²) in [4.78, 5) is 31.0. The van der Waals surface area contributed by atoms with E-state index in [2.05, 4.69) is 15.6 Å². The number of nitrogens with zero attached hydrogens (tertiary/aromatic N) is 2. The van der Waals surface area contributed by atoms with Crippen molar-refractivity contribution in [2.24, 2.45) is 5.92 Å². The lowest BCUT2D eigenvalue weighted by Crippen LogP contribution is -2.51. The molecule has 7 heteroatoms. The highest BCUT2D eigenvalue weighted by Gasteiger charge is 2.34. The second-order valence-corrected chi connectivity index (χ2v) is 7.46. The standard InChI is InChI=1S/C22H27FN4O2/c1-3-25-22(29)27-13-18(17-6-7-20(23)15(2)9-17)10-19(14-27)21(28)26-12-16-5-4-8-24-11-16/h4-9,11,18-19H,3,10,12-14H2,1-2H3,(H,25,29)(H,26,28)/t18-,19-/m1/s1. The van der Waals surface area contributed by atoms with Crippen molar-refractivity contribution in [1.29, 1.82) is 0 Å². The van der Waals surface area contributed by atoms with Gasteiger partial charge in [0, 0.05) is 44.5 Å². The van der Waals surface area contributed by atoms with E-state index in [9.17, 15) is 14.0 Å². The first kappa shape index (κ1) is 20.8. The summed E-state index contributed by atoms with van der Waals surface area (Å²) in [6.45, 7) is 5.37. The second kappa shape index (κ2) is 9.49. The molecule has 0 unspecified atom stereocenters. The van der Waals surface area contributed by atoms with Gasteiger partial charge in [0.2, 0.25) is 5.91 Å². The average Bonchev–Trinajstić information content (AvgIpc) is 2.74. The number of likely N-dealkylation sites (tertiary alicyclic amines) is 1. The molecule has 0 aliphatic carbocycles. The van der Waals surface area contributed by atoms with Gasteiger partial charge in [0.05, 0.1) is 5.92 Å². The maximum absolute atomic E-state index is 13.7. The topological polar surface area (TPSA) is 74.3 Å². The van der Waals surface area contributed by atoms with Gasteiger partial charge >= 0.3 is 6.03 Å². The highest BCUT2D eigenvalue weighted by Crippen LogP contribution is 2.31. The zero-order valence-electron chi connectivity index (χ0n) is 16.8. The van der Waals surface area contributed by atoms with Crippen LogP contribution in [0.2, 0.25) is 0 Å². The Kier molecular flexibility index (Phi) is 6.80. The molecule has 29 heavy (non-hydrogen) atoms. The van der Waals surface area contributed by atoms with Crippen molar-refractivity contribution in [1.82, 2.24) is 20.5 Å². The van der Waals surface area contributed by atoms with Crippen molar-refractivity contribution in [2.45, 2.75) is 32.7 Å². The van der Waals surface area contributed by atoms with Crippen LogP contribution in [-0.2, 0) is 11.3 Å². The fourth-order valence-electron chi connectivity index (χ4n) is 3.72. The van der Waals surface area contributed by atoms with Crippen LogP contribution in [-0.4, -0.2) is 41.5 Å². The molecule has 1 aliphatic rings. The van der Waals surface area contributed by atoms with E-state index in [1.807, 2.05) is 25.1 Å². The molecule has 154 valence electrons. The second-order valence-electron chi connectivity index (χ2n) is 7.46. The smallest absolute Gasteiger partial charge is 0.317 e. The van der Waals surface area contributed by atoms with Crippen LogP contribution in [0.5, 0.6) is 0 Å². The normalized spacial score (nSPS) is 18.9. The predicted molar refractivity (Wildman–Crippen MR) is 109 cm³/mol. The van der Waals surface area contributed by atoms with Crippen molar-refractivity contribution in [3.05, 3.63) is 65.2 Å². The molecule has 1 aromatic carbocycles. The summed E-state index contributed by atoms with van der Waals surface area (Å²) in [5.74, 6) is -0.708. The molecule has 1 aliphatic heterocycles. The summed E-state index contributed by atoms with van der Waals surface area (Å²) in [7, 11) is 0. The zero-order valence-corrected chi connectivity index (χ0v) is 16.8. The minimum absolute atomic E-state index is 0.0280. The third-order valence-corrected chi connectivity index (χ3v) is 5.28. The van der Waals surface area contributed by atoms with Crippen molar-refractivity contribution in [3.8, 4) is 0 Å². The Labute approximate surface area is 170 Å². The summed E-state index contributed by atoms with van der Waals surface area (Å²) < 4.78 is 13.7. The van der Waals surface area contributed by atoms with E-state index < -0.39 is 0 Å². The first-order valence-corrected chi connectivity index (χ1v) is 9.93. The lowest BCUT2D eigenvalue weighted by atomic mass is 9.83. The monoisotopic (exact) mass is 398 g/mol. The quantitative estimate of drug-likeness (QED) is 0.813. The summed E-state index contributed by atoms with van der Waals surface area (Å²) in [6.07, 6.45) is 4.01. The van der Waals surface area contributed by atoms with Gasteiger partial charge in [-0.05, 0) is 49.1 Å². The van der Waals surface area contributed by atoms with Gasteiger partial charge < -0.3 is 15.5 Å². The maximum Gasteiger partial charge on any atom is 0.317 e. The first-order chi connectivity index (χ1) is 14.0. The number of carbonyl (C=O) groups is 2. The molecule has 0 spiro atoms. The minimum Gasteiger partial charge on any atom is -0.352 e. The van der Waals surface area contributed by atoms with Crippen LogP contribution in [0, 0.1) is 18.7 Å². The van der Waals surface area contributed by atoms with Gasteiger partial charge in [-0.1, -0.05) is 18.2 Å². The maximum atomic E-state index is 13.7. The molecule has 1 saturated heterocycles. The number of hydrogen-bond acceptors (Lipinski definition) is 3. The van der Waals surface area contributed by atoms with Gasteiger partial charge in [-0.15, -0.1) is 0 Å². The van der Waals surface area contributed by atoms with Crippen molar-refractivity contribution >= 4 is 11.9 Å². The Morgan fingerprint density at radius 2 is 2.07 bits per heavy atom. The van der Waals surface area contributed by atoms with Crippen LogP contribution in [0.1, 0.15) is 36.0 Å². The summed E-state index contributed by atoms with van der Waals surface area (Å²) in [6, 6.07) is 8.56. The van der Waals surface area contributed by atoms with Crippen molar-refractivity contribution < 1.29 is 14.0 Å². The summed E-state index contributed by atoms with van der Waals surface area (Å²) in [5.41, 5.74) is 2.43. The largest absolute Gasteiger partial charge is 0.352 e. The van der Waals surface area contributed by atoms with Crippen LogP contribution in [0.3, 0.4) is 0 Å². The van der Waals surface area contributed by atoms with Gasteiger partial charge in [0.15, 0.2) is 0 Å². The molecule has 3 rings (SSSR count). The molecule has 0 saturated carbocycles. The lowest BCUT2D eigenvalue weighted by Gasteiger charge is -2.37. The van der Waals surface area contributed by atoms with Gasteiger partial charge in [-0.2, -0.15) is 0 Å². The van der Waals surface area contributed by atoms with Crippen LogP contribution in [0.15, 0.2) is 42.7 Å². The fourth-order valence-corrected chi connectivity index (χ4v) is 3.72. The number of halogens is 1. The Morgan fingerprint density at radius 3 is 2.76 bits per heavy atom. The number of urea groups is 1. The van der Waals surface area contributed by atoms with E-state index >= 15 is 0 Å². The van der Waals surface area contributed by atoms with Crippen LogP contribution < -0.4 is 10.6 Å². The first-order valence-electron chi connectivity index (χ1n) is 9.93. The fraction of sp³-hybridized carbons (Fsp3) is 0.409. The molecule has 2 heterocycles. The SMILES string of the molecule is CCNC(=O)N1C[C@H](C(=O)NCc2cccnc2)C[C@@H](c2ccc(F)c(C)c2)C1. The summed E-state index contributed by atoms with van der Waals surface area (Å²) >= 11 is 0. The number of pyridine rings is 1. The predicted octanol–water partition coefficient (Wildman–Crippen LogP) is 2.98. The third-order valence-electron chi connectivity index (χ3n) is 5.28. The van der Waals surface area contributed by atoms with Gasteiger partial charge in [0.1, 0.15) is 5.82 Å². The number of carbonyl (C=O) groups excluding carboxylic acids is 2. The number of amides is 3. The molecule has 1 fully saturated rings. The number of aryl methyl sites for hydroxylation is 1. The van der Waals surface area contributed by atoms with Crippen LogP contribution >= 0.6 is 0 Å². The van der Waals surface area contributed by atoms with Gasteiger partial charge in [-0.25, -0.2) is 9.18 Å². The molecule has 0 bridgehead atoms. The number of benzene rings is 1. The highest BCUT2D eigenvalue weighted by atomic mass is 19.1. The molecule has 2 atom stereocenters. The van der Waals surface area contributed by atoms with Crippen LogP contribution in [0.25, 0.3) is 0 Å². The van der Waals surface area contributed by atoms with Gasteiger partial charge in [0.25, 0.3) is 0 Å². The average molecular weight is 398 g/mol. The van der Waals surface area contributed by atoms with E-state index in [1.165, 1.54) is 6.07 Å². The number of aromatic nitrogens is 1. The molecular formula is C22H27FN4O2. The molecule has 6 nitrogen and oxygen atoms in total. The Morgan fingerprint density at radius 1 is 1.24 bits per heavy atom.